The Morgan fingerprint density at radius 1 is 0.667 bits per heavy atom. The van der Waals surface area contributed by atoms with Crippen LogP contribution >= 0.6 is 23.2 Å². The number of hydrogen-bond donors (Lipinski definition) is 0. The van der Waals surface area contributed by atoms with Crippen molar-refractivity contribution in [3.05, 3.63) is 58.6 Å². The molecule has 0 radical (unpaired) electrons. The molecule has 3 heteroatoms. The van der Waals surface area contributed by atoms with Crippen molar-refractivity contribution < 1.29 is 0 Å². The molecular formula is C15H17Cl2N. The monoisotopic (exact) mass is 281 g/mol. The van der Waals surface area contributed by atoms with Crippen molar-refractivity contribution in [1.29, 1.82) is 0 Å². The summed E-state index contributed by atoms with van der Waals surface area (Å²) < 4.78 is 0. The number of halogens is 2. The van der Waals surface area contributed by atoms with Gasteiger partial charge >= 0.3 is 0 Å². The Balaban J connectivity index is 0.000000771. The summed E-state index contributed by atoms with van der Waals surface area (Å²) in [7, 11) is 2.01. The Kier molecular flexibility index (Phi) is 6.03. The highest BCUT2D eigenvalue weighted by Crippen LogP contribution is 2.25. The zero-order valence-electron chi connectivity index (χ0n) is 10.8. The van der Waals surface area contributed by atoms with Gasteiger partial charge in [0.15, 0.2) is 0 Å². The fourth-order valence-corrected chi connectivity index (χ4v) is 1.73. The van der Waals surface area contributed by atoms with Crippen LogP contribution in [0.4, 0.5) is 11.4 Å². The van der Waals surface area contributed by atoms with Gasteiger partial charge in [-0.05, 0) is 48.5 Å². The van der Waals surface area contributed by atoms with Crippen molar-refractivity contribution in [2.75, 3.05) is 11.9 Å². The third kappa shape index (κ3) is 3.94. The van der Waals surface area contributed by atoms with Gasteiger partial charge in [-0.15, -0.1) is 0 Å². The van der Waals surface area contributed by atoms with Gasteiger partial charge in [0, 0.05) is 28.5 Å². The molecule has 0 N–H and O–H groups in total. The lowest BCUT2D eigenvalue weighted by Gasteiger charge is -2.19. The van der Waals surface area contributed by atoms with Gasteiger partial charge in [-0.3, -0.25) is 0 Å². The van der Waals surface area contributed by atoms with Gasteiger partial charge in [-0.25, -0.2) is 0 Å². The summed E-state index contributed by atoms with van der Waals surface area (Å²) >= 11 is 11.7. The van der Waals surface area contributed by atoms with Crippen LogP contribution in [0.2, 0.25) is 10.0 Å². The highest BCUT2D eigenvalue weighted by molar-refractivity contribution is 6.31. The summed E-state index contributed by atoms with van der Waals surface area (Å²) in [5.41, 5.74) is 2.18. The van der Waals surface area contributed by atoms with Gasteiger partial charge in [-0.2, -0.15) is 0 Å². The molecule has 2 aromatic rings. The SMILES string of the molecule is CC.CN(c1ccc(Cl)cc1)c1ccc(Cl)cc1. The minimum absolute atomic E-state index is 0.744. The van der Waals surface area contributed by atoms with Gasteiger partial charge in [0.2, 0.25) is 0 Å². The predicted molar refractivity (Wildman–Crippen MR) is 82.3 cm³/mol. The van der Waals surface area contributed by atoms with Crippen LogP contribution in [0, 0.1) is 0 Å². The van der Waals surface area contributed by atoms with Gasteiger partial charge in [-0.1, -0.05) is 37.0 Å². The third-order valence-corrected chi connectivity index (χ3v) is 2.93. The maximum absolute atomic E-state index is 5.85. The van der Waals surface area contributed by atoms with E-state index in [9.17, 15) is 0 Å². The van der Waals surface area contributed by atoms with Crippen LogP contribution in [-0.2, 0) is 0 Å². The molecule has 0 fully saturated rings. The number of benzene rings is 2. The van der Waals surface area contributed by atoms with E-state index in [0.29, 0.717) is 0 Å². The fraction of sp³-hybridized carbons (Fsp3) is 0.200. The Morgan fingerprint density at radius 3 is 1.22 bits per heavy atom. The van der Waals surface area contributed by atoms with Crippen molar-refractivity contribution in [3.8, 4) is 0 Å². The maximum Gasteiger partial charge on any atom is 0.0409 e. The summed E-state index contributed by atoms with van der Waals surface area (Å²) in [6.45, 7) is 4.00. The molecule has 0 unspecified atom stereocenters. The average Bonchev–Trinajstić information content (AvgIpc) is 2.42. The molecular weight excluding hydrogens is 265 g/mol. The molecule has 2 aromatic carbocycles. The van der Waals surface area contributed by atoms with E-state index >= 15 is 0 Å². The molecule has 0 spiro atoms. The topological polar surface area (TPSA) is 3.24 Å². The lowest BCUT2D eigenvalue weighted by molar-refractivity contribution is 1.21. The average molecular weight is 282 g/mol. The minimum atomic E-state index is 0.744. The van der Waals surface area contributed by atoms with Crippen molar-refractivity contribution in [2.45, 2.75) is 13.8 Å². The molecule has 18 heavy (non-hydrogen) atoms. The molecule has 0 saturated carbocycles. The molecule has 0 bridgehead atoms. The van der Waals surface area contributed by atoms with Crippen molar-refractivity contribution in [1.82, 2.24) is 0 Å². The van der Waals surface area contributed by atoms with E-state index < -0.39 is 0 Å². The number of anilines is 2. The first-order chi connectivity index (χ1) is 8.66. The quantitative estimate of drug-likeness (QED) is 0.674. The Morgan fingerprint density at radius 2 is 0.944 bits per heavy atom. The molecule has 0 aliphatic rings. The third-order valence-electron chi connectivity index (χ3n) is 2.43. The summed E-state index contributed by atoms with van der Waals surface area (Å²) in [4.78, 5) is 2.08. The minimum Gasteiger partial charge on any atom is -0.345 e. The molecule has 0 heterocycles. The molecule has 0 aliphatic carbocycles. The summed E-state index contributed by atoms with van der Waals surface area (Å²) in [5.74, 6) is 0. The Bertz CT molecular complexity index is 417. The van der Waals surface area contributed by atoms with Gasteiger partial charge in [0.05, 0.1) is 0 Å². The predicted octanol–water partition coefficient (Wildman–Crippen LogP) is 5.79. The molecule has 0 saturated heterocycles. The van der Waals surface area contributed by atoms with Crippen LogP contribution < -0.4 is 4.90 Å². The molecule has 2 rings (SSSR count). The molecule has 0 aliphatic heterocycles. The standard InChI is InChI=1S/C13H11Cl2N.C2H6/c1-16(12-6-2-10(14)3-7-12)13-8-4-11(15)5-9-13;1-2/h2-9H,1H3;1-2H3. The summed E-state index contributed by atoms with van der Waals surface area (Å²) in [6, 6.07) is 15.4. The van der Waals surface area contributed by atoms with Crippen LogP contribution in [0.25, 0.3) is 0 Å². The highest BCUT2D eigenvalue weighted by Gasteiger charge is 2.03. The van der Waals surface area contributed by atoms with Crippen LogP contribution in [-0.4, -0.2) is 7.05 Å². The maximum atomic E-state index is 5.85. The van der Waals surface area contributed by atoms with E-state index in [1.165, 1.54) is 0 Å². The molecule has 0 amide bonds. The van der Waals surface area contributed by atoms with E-state index in [4.69, 9.17) is 23.2 Å². The molecule has 96 valence electrons. The van der Waals surface area contributed by atoms with Gasteiger partial charge < -0.3 is 4.90 Å². The highest BCUT2D eigenvalue weighted by atomic mass is 35.5. The van der Waals surface area contributed by atoms with Gasteiger partial charge in [0.1, 0.15) is 0 Å². The van der Waals surface area contributed by atoms with E-state index in [1.807, 2.05) is 69.4 Å². The van der Waals surface area contributed by atoms with E-state index in [0.717, 1.165) is 21.4 Å². The zero-order valence-corrected chi connectivity index (χ0v) is 12.3. The van der Waals surface area contributed by atoms with E-state index in [1.54, 1.807) is 0 Å². The normalized spacial score (nSPS) is 9.39. The second kappa shape index (κ2) is 7.30. The van der Waals surface area contributed by atoms with E-state index in [2.05, 4.69) is 4.90 Å². The summed E-state index contributed by atoms with van der Waals surface area (Å²) in [5, 5.41) is 1.49. The van der Waals surface area contributed by atoms with Crippen molar-refractivity contribution >= 4 is 34.6 Å². The lowest BCUT2D eigenvalue weighted by atomic mass is 10.2. The first-order valence-corrected chi connectivity index (χ1v) is 6.67. The van der Waals surface area contributed by atoms with Crippen molar-refractivity contribution in [2.24, 2.45) is 0 Å². The van der Waals surface area contributed by atoms with Crippen LogP contribution in [0.1, 0.15) is 13.8 Å². The molecule has 1 nitrogen and oxygen atoms in total. The van der Waals surface area contributed by atoms with Gasteiger partial charge in [0.25, 0.3) is 0 Å². The number of hydrogen-bond acceptors (Lipinski definition) is 1. The number of rotatable bonds is 2. The Labute approximate surface area is 119 Å². The molecule has 0 aromatic heterocycles. The smallest absolute Gasteiger partial charge is 0.0409 e. The van der Waals surface area contributed by atoms with E-state index in [-0.39, 0.29) is 0 Å². The number of nitrogens with zero attached hydrogens (tertiary/aromatic N) is 1. The lowest BCUT2D eigenvalue weighted by Crippen LogP contribution is -2.08. The summed E-state index contributed by atoms with van der Waals surface area (Å²) in [6.07, 6.45) is 0. The second-order valence-electron chi connectivity index (χ2n) is 3.51. The Hall–Kier alpha value is -1.18. The first-order valence-electron chi connectivity index (χ1n) is 5.92. The first kappa shape index (κ1) is 14.9. The molecule has 0 atom stereocenters. The zero-order chi connectivity index (χ0) is 13.5. The van der Waals surface area contributed by atoms with Crippen LogP contribution in [0.15, 0.2) is 48.5 Å². The van der Waals surface area contributed by atoms with Crippen LogP contribution in [0.3, 0.4) is 0 Å². The van der Waals surface area contributed by atoms with Crippen molar-refractivity contribution in [3.63, 3.8) is 0 Å². The second-order valence-corrected chi connectivity index (χ2v) is 4.38. The van der Waals surface area contributed by atoms with Crippen LogP contribution in [0.5, 0.6) is 0 Å². The largest absolute Gasteiger partial charge is 0.345 e. The fourth-order valence-electron chi connectivity index (χ4n) is 1.48.